The van der Waals surface area contributed by atoms with Crippen LogP contribution in [0.3, 0.4) is 0 Å². The SMILES string of the molecule is O=C1OC2COC(=O)C2O1. The molecule has 2 aliphatic rings. The highest BCUT2D eigenvalue weighted by Gasteiger charge is 2.48. The van der Waals surface area contributed by atoms with E-state index in [0.717, 1.165) is 0 Å². The van der Waals surface area contributed by atoms with E-state index in [1.807, 2.05) is 0 Å². The van der Waals surface area contributed by atoms with Crippen molar-refractivity contribution in [2.75, 3.05) is 6.61 Å². The van der Waals surface area contributed by atoms with Gasteiger partial charge in [0.1, 0.15) is 6.61 Å². The fourth-order valence-electron chi connectivity index (χ4n) is 0.960. The van der Waals surface area contributed by atoms with Crippen LogP contribution in [0.15, 0.2) is 0 Å². The molecule has 2 unspecified atom stereocenters. The van der Waals surface area contributed by atoms with E-state index in [-0.39, 0.29) is 6.61 Å². The van der Waals surface area contributed by atoms with Crippen molar-refractivity contribution in [3.63, 3.8) is 0 Å². The van der Waals surface area contributed by atoms with Crippen molar-refractivity contribution in [3.05, 3.63) is 0 Å². The lowest BCUT2D eigenvalue weighted by atomic mass is 10.3. The average Bonchev–Trinajstić information content (AvgIpc) is 2.35. The summed E-state index contributed by atoms with van der Waals surface area (Å²) in [4.78, 5) is 21.0. The first-order chi connectivity index (χ1) is 4.77. The summed E-state index contributed by atoms with van der Waals surface area (Å²) in [6.07, 6.45) is -2.11. The van der Waals surface area contributed by atoms with Crippen LogP contribution in [0.2, 0.25) is 0 Å². The normalized spacial score (nSPS) is 36.4. The minimum Gasteiger partial charge on any atom is -0.459 e. The number of hydrogen-bond acceptors (Lipinski definition) is 5. The van der Waals surface area contributed by atoms with Crippen LogP contribution in [0, 0.1) is 0 Å². The van der Waals surface area contributed by atoms with Gasteiger partial charge in [-0.25, -0.2) is 9.59 Å². The van der Waals surface area contributed by atoms with Crippen LogP contribution in [-0.4, -0.2) is 30.9 Å². The van der Waals surface area contributed by atoms with Crippen molar-refractivity contribution in [2.45, 2.75) is 12.2 Å². The molecule has 0 aromatic rings. The van der Waals surface area contributed by atoms with Crippen LogP contribution in [0.25, 0.3) is 0 Å². The summed E-state index contributed by atoms with van der Waals surface area (Å²) < 4.78 is 13.5. The zero-order chi connectivity index (χ0) is 7.14. The van der Waals surface area contributed by atoms with E-state index < -0.39 is 24.3 Å². The van der Waals surface area contributed by atoms with E-state index in [1.165, 1.54) is 0 Å². The van der Waals surface area contributed by atoms with Gasteiger partial charge in [-0.3, -0.25) is 0 Å². The summed E-state index contributed by atoms with van der Waals surface area (Å²) >= 11 is 0. The zero-order valence-corrected chi connectivity index (χ0v) is 4.90. The van der Waals surface area contributed by atoms with Crippen molar-refractivity contribution < 1.29 is 23.8 Å². The van der Waals surface area contributed by atoms with Crippen LogP contribution in [-0.2, 0) is 19.0 Å². The van der Waals surface area contributed by atoms with Crippen LogP contribution in [0.4, 0.5) is 4.79 Å². The number of hydrogen-bond donors (Lipinski definition) is 0. The molecule has 0 bridgehead atoms. The predicted octanol–water partition coefficient (Wildman–Crippen LogP) is -0.553. The fourth-order valence-corrected chi connectivity index (χ4v) is 0.960. The summed E-state index contributed by atoms with van der Waals surface area (Å²) in [5, 5.41) is 0. The van der Waals surface area contributed by atoms with Gasteiger partial charge in [0.2, 0.25) is 6.10 Å². The number of rotatable bonds is 0. The highest BCUT2D eigenvalue weighted by Crippen LogP contribution is 2.21. The average molecular weight is 144 g/mol. The molecule has 0 aromatic heterocycles. The molecule has 2 heterocycles. The number of ether oxygens (including phenoxy) is 3. The molecule has 0 saturated carbocycles. The van der Waals surface area contributed by atoms with Gasteiger partial charge in [0, 0.05) is 0 Å². The predicted molar refractivity (Wildman–Crippen MR) is 26.1 cm³/mol. The second-order valence-electron chi connectivity index (χ2n) is 2.07. The Morgan fingerprint density at radius 3 is 2.80 bits per heavy atom. The Morgan fingerprint density at radius 2 is 2.10 bits per heavy atom. The summed E-state index contributed by atoms with van der Waals surface area (Å²) in [5.74, 6) is -0.518. The van der Waals surface area contributed by atoms with Gasteiger partial charge in [-0.2, -0.15) is 0 Å². The van der Waals surface area contributed by atoms with Crippen molar-refractivity contribution in [2.24, 2.45) is 0 Å². The molecule has 2 rings (SSSR count). The molecule has 0 N–H and O–H groups in total. The Bertz CT molecular complexity index is 198. The Labute approximate surface area is 55.9 Å². The lowest BCUT2D eigenvalue weighted by Gasteiger charge is -1.94. The first-order valence-electron chi connectivity index (χ1n) is 2.81. The molecular formula is C5H4O5. The third-order valence-corrected chi connectivity index (χ3v) is 1.43. The molecular weight excluding hydrogens is 140 g/mol. The van der Waals surface area contributed by atoms with Gasteiger partial charge in [-0.05, 0) is 0 Å². The lowest BCUT2D eigenvalue weighted by molar-refractivity contribution is -0.144. The van der Waals surface area contributed by atoms with Gasteiger partial charge < -0.3 is 14.2 Å². The zero-order valence-electron chi connectivity index (χ0n) is 4.90. The molecule has 2 fully saturated rings. The monoisotopic (exact) mass is 144 g/mol. The smallest absolute Gasteiger partial charge is 0.459 e. The Kier molecular flexibility index (Phi) is 0.893. The molecule has 2 saturated heterocycles. The lowest BCUT2D eigenvalue weighted by Crippen LogP contribution is -2.22. The van der Waals surface area contributed by atoms with Gasteiger partial charge in [0.25, 0.3) is 0 Å². The number of cyclic esters (lactones) is 1. The summed E-state index contributed by atoms with van der Waals surface area (Å²) in [5.41, 5.74) is 0. The number of fused-ring (bicyclic) bond motifs is 1. The van der Waals surface area contributed by atoms with E-state index in [0.29, 0.717) is 0 Å². The molecule has 2 aliphatic heterocycles. The van der Waals surface area contributed by atoms with Crippen LogP contribution < -0.4 is 0 Å². The molecule has 5 heteroatoms. The molecule has 0 aliphatic carbocycles. The van der Waals surface area contributed by atoms with Gasteiger partial charge in [0.05, 0.1) is 0 Å². The first-order valence-corrected chi connectivity index (χ1v) is 2.81. The number of carbonyl (C=O) groups is 2. The van der Waals surface area contributed by atoms with Crippen LogP contribution in [0.1, 0.15) is 0 Å². The van der Waals surface area contributed by atoms with Gasteiger partial charge in [-0.1, -0.05) is 0 Å². The summed E-state index contributed by atoms with van der Waals surface area (Å²) in [6, 6.07) is 0. The van der Waals surface area contributed by atoms with E-state index >= 15 is 0 Å². The third kappa shape index (κ3) is 0.570. The third-order valence-electron chi connectivity index (χ3n) is 1.43. The van der Waals surface area contributed by atoms with Crippen molar-refractivity contribution in [3.8, 4) is 0 Å². The second-order valence-corrected chi connectivity index (χ2v) is 2.07. The van der Waals surface area contributed by atoms with Gasteiger partial charge in [-0.15, -0.1) is 0 Å². The molecule has 54 valence electrons. The molecule has 0 spiro atoms. The molecule has 0 amide bonds. The van der Waals surface area contributed by atoms with E-state index in [1.54, 1.807) is 0 Å². The van der Waals surface area contributed by atoms with Crippen molar-refractivity contribution in [1.82, 2.24) is 0 Å². The second kappa shape index (κ2) is 1.62. The largest absolute Gasteiger partial charge is 0.509 e. The highest BCUT2D eigenvalue weighted by molar-refractivity contribution is 5.82. The summed E-state index contributed by atoms with van der Waals surface area (Å²) in [6.45, 7) is 0.120. The molecule has 2 atom stereocenters. The molecule has 0 aromatic carbocycles. The molecule has 0 radical (unpaired) electrons. The van der Waals surface area contributed by atoms with Crippen LogP contribution in [0.5, 0.6) is 0 Å². The number of carbonyl (C=O) groups excluding carboxylic acids is 2. The number of esters is 1. The highest BCUT2D eigenvalue weighted by atomic mass is 16.8. The van der Waals surface area contributed by atoms with Crippen molar-refractivity contribution in [1.29, 1.82) is 0 Å². The maximum absolute atomic E-state index is 10.6. The Hall–Kier alpha value is -1.26. The molecule has 10 heavy (non-hydrogen) atoms. The van der Waals surface area contributed by atoms with Crippen molar-refractivity contribution >= 4 is 12.1 Å². The van der Waals surface area contributed by atoms with Gasteiger partial charge >= 0.3 is 12.1 Å². The Balaban J connectivity index is 2.19. The maximum Gasteiger partial charge on any atom is 0.509 e. The fraction of sp³-hybridized carbons (Fsp3) is 0.600. The maximum atomic E-state index is 10.6. The van der Waals surface area contributed by atoms with Crippen LogP contribution >= 0.6 is 0 Å². The first kappa shape index (κ1) is 5.52. The minimum absolute atomic E-state index is 0.120. The minimum atomic E-state index is -0.813. The Morgan fingerprint density at radius 1 is 1.30 bits per heavy atom. The summed E-state index contributed by atoms with van der Waals surface area (Å²) in [7, 11) is 0. The topological polar surface area (TPSA) is 61.8 Å². The quantitative estimate of drug-likeness (QED) is 0.427. The van der Waals surface area contributed by atoms with E-state index in [2.05, 4.69) is 14.2 Å². The standard InChI is InChI=1S/C5H4O5/c6-4-3-2(1-8-4)9-5(7)10-3/h2-3H,1H2. The molecule has 5 nitrogen and oxygen atoms in total. The van der Waals surface area contributed by atoms with E-state index in [9.17, 15) is 9.59 Å². The van der Waals surface area contributed by atoms with E-state index in [4.69, 9.17) is 0 Å². The van der Waals surface area contributed by atoms with Gasteiger partial charge in [0.15, 0.2) is 6.10 Å².